The van der Waals surface area contributed by atoms with E-state index in [0.29, 0.717) is 6.61 Å². The molecule has 1 atom stereocenters. The van der Waals surface area contributed by atoms with Gasteiger partial charge >= 0.3 is 0 Å². The summed E-state index contributed by atoms with van der Waals surface area (Å²) < 4.78 is 12.7. The molecule has 1 aliphatic heterocycles. The minimum Gasteiger partial charge on any atom is -0.383 e. The molecule has 0 saturated carbocycles. The number of ether oxygens (including phenoxy) is 2. The summed E-state index contributed by atoms with van der Waals surface area (Å²) in [6, 6.07) is 0. The van der Waals surface area contributed by atoms with Gasteiger partial charge in [-0.25, -0.2) is 0 Å². The zero-order valence-electron chi connectivity index (χ0n) is 9.06. The van der Waals surface area contributed by atoms with E-state index in [1.54, 1.807) is 13.4 Å². The average molecular weight is 211 g/mol. The molecule has 84 valence electrons. The lowest BCUT2D eigenvalue weighted by Gasteiger charge is -2.22. The van der Waals surface area contributed by atoms with Crippen LogP contribution in [-0.2, 0) is 16.0 Å². The first-order chi connectivity index (χ1) is 7.42. The zero-order chi connectivity index (χ0) is 10.5. The first kappa shape index (κ1) is 10.6. The molecule has 1 aromatic rings. The van der Waals surface area contributed by atoms with Gasteiger partial charge in [0.1, 0.15) is 12.4 Å². The number of rotatable bonds is 4. The number of aromatic nitrogens is 3. The summed E-state index contributed by atoms with van der Waals surface area (Å²) in [7, 11) is 1.70. The lowest BCUT2D eigenvalue weighted by atomic mass is 10.1. The van der Waals surface area contributed by atoms with E-state index in [2.05, 4.69) is 10.2 Å². The first-order valence-corrected chi connectivity index (χ1v) is 5.40. The van der Waals surface area contributed by atoms with E-state index in [9.17, 15) is 0 Å². The Morgan fingerprint density at radius 3 is 3.27 bits per heavy atom. The Bertz CT molecular complexity index is 295. The topological polar surface area (TPSA) is 49.2 Å². The van der Waals surface area contributed by atoms with E-state index in [4.69, 9.17) is 9.47 Å². The SMILES string of the molecule is COCCn1cnnc1C1CCCCO1. The molecular weight excluding hydrogens is 194 g/mol. The molecule has 2 rings (SSSR count). The van der Waals surface area contributed by atoms with Crippen molar-refractivity contribution in [2.24, 2.45) is 0 Å². The van der Waals surface area contributed by atoms with E-state index in [1.807, 2.05) is 4.57 Å². The van der Waals surface area contributed by atoms with Gasteiger partial charge in [-0.15, -0.1) is 10.2 Å². The molecule has 1 saturated heterocycles. The van der Waals surface area contributed by atoms with Crippen LogP contribution in [0.5, 0.6) is 0 Å². The van der Waals surface area contributed by atoms with Gasteiger partial charge in [0.2, 0.25) is 0 Å². The third kappa shape index (κ3) is 2.54. The summed E-state index contributed by atoms with van der Waals surface area (Å²) in [5.41, 5.74) is 0. The van der Waals surface area contributed by atoms with Crippen LogP contribution in [-0.4, -0.2) is 35.1 Å². The van der Waals surface area contributed by atoms with E-state index in [-0.39, 0.29) is 6.10 Å². The lowest BCUT2D eigenvalue weighted by molar-refractivity contribution is 0.00653. The summed E-state index contributed by atoms with van der Waals surface area (Å²) in [6.45, 7) is 2.30. The third-order valence-corrected chi connectivity index (χ3v) is 2.65. The van der Waals surface area contributed by atoms with Crippen molar-refractivity contribution < 1.29 is 9.47 Å². The predicted octanol–water partition coefficient (Wildman–Crippen LogP) is 1.17. The van der Waals surface area contributed by atoms with Gasteiger partial charge < -0.3 is 14.0 Å². The van der Waals surface area contributed by atoms with Gasteiger partial charge in [-0.3, -0.25) is 0 Å². The van der Waals surface area contributed by atoms with Crippen molar-refractivity contribution >= 4 is 0 Å². The van der Waals surface area contributed by atoms with Crippen LogP contribution in [0, 0.1) is 0 Å². The fourth-order valence-corrected chi connectivity index (χ4v) is 1.82. The highest BCUT2D eigenvalue weighted by Gasteiger charge is 2.21. The van der Waals surface area contributed by atoms with Crippen LogP contribution in [0.15, 0.2) is 6.33 Å². The van der Waals surface area contributed by atoms with Gasteiger partial charge in [0.25, 0.3) is 0 Å². The quantitative estimate of drug-likeness (QED) is 0.750. The molecule has 0 radical (unpaired) electrons. The maximum absolute atomic E-state index is 5.68. The smallest absolute Gasteiger partial charge is 0.162 e. The van der Waals surface area contributed by atoms with Crippen LogP contribution in [0.4, 0.5) is 0 Å². The van der Waals surface area contributed by atoms with E-state index >= 15 is 0 Å². The molecule has 15 heavy (non-hydrogen) atoms. The molecule has 2 heterocycles. The van der Waals surface area contributed by atoms with Crippen molar-refractivity contribution in [3.05, 3.63) is 12.2 Å². The van der Waals surface area contributed by atoms with Crippen LogP contribution in [0.2, 0.25) is 0 Å². The van der Waals surface area contributed by atoms with E-state index < -0.39 is 0 Å². The van der Waals surface area contributed by atoms with Gasteiger partial charge in [-0.1, -0.05) is 0 Å². The monoisotopic (exact) mass is 211 g/mol. The first-order valence-electron chi connectivity index (χ1n) is 5.40. The van der Waals surface area contributed by atoms with Gasteiger partial charge in [0.05, 0.1) is 6.61 Å². The molecule has 5 heteroatoms. The highest BCUT2D eigenvalue weighted by Crippen LogP contribution is 2.25. The molecule has 1 unspecified atom stereocenters. The molecule has 5 nitrogen and oxygen atoms in total. The Balaban J connectivity index is 2.02. The second-order valence-corrected chi connectivity index (χ2v) is 3.73. The van der Waals surface area contributed by atoms with Crippen molar-refractivity contribution in [1.29, 1.82) is 0 Å². The third-order valence-electron chi connectivity index (χ3n) is 2.65. The average Bonchev–Trinajstić information content (AvgIpc) is 2.75. The predicted molar refractivity (Wildman–Crippen MR) is 54.4 cm³/mol. The highest BCUT2D eigenvalue weighted by molar-refractivity contribution is 4.93. The van der Waals surface area contributed by atoms with E-state index in [1.165, 1.54) is 6.42 Å². The molecule has 1 aliphatic rings. The summed E-state index contributed by atoms with van der Waals surface area (Å²) in [5, 5.41) is 8.05. The summed E-state index contributed by atoms with van der Waals surface area (Å²) in [6.07, 6.45) is 5.28. The largest absolute Gasteiger partial charge is 0.383 e. The van der Waals surface area contributed by atoms with Crippen molar-refractivity contribution in [1.82, 2.24) is 14.8 Å². The fourth-order valence-electron chi connectivity index (χ4n) is 1.82. The lowest BCUT2D eigenvalue weighted by Crippen LogP contribution is -2.17. The van der Waals surface area contributed by atoms with Gasteiger partial charge in [0, 0.05) is 20.3 Å². The van der Waals surface area contributed by atoms with Crippen molar-refractivity contribution in [3.63, 3.8) is 0 Å². The Morgan fingerprint density at radius 1 is 1.60 bits per heavy atom. The summed E-state index contributed by atoms with van der Waals surface area (Å²) in [4.78, 5) is 0. The molecule has 1 fully saturated rings. The van der Waals surface area contributed by atoms with Gasteiger partial charge in [0.15, 0.2) is 5.82 Å². The molecule has 0 bridgehead atoms. The number of nitrogens with zero attached hydrogens (tertiary/aromatic N) is 3. The molecular formula is C10H17N3O2. The summed E-state index contributed by atoms with van der Waals surface area (Å²) >= 11 is 0. The standard InChI is InChI=1S/C10H17N3O2/c1-14-7-5-13-8-11-12-10(13)9-4-2-3-6-15-9/h8-9H,2-7H2,1H3. The molecule has 0 spiro atoms. The Morgan fingerprint density at radius 2 is 2.53 bits per heavy atom. The number of methoxy groups -OCH3 is 1. The molecule has 0 N–H and O–H groups in total. The van der Waals surface area contributed by atoms with Crippen LogP contribution in [0.1, 0.15) is 31.2 Å². The summed E-state index contributed by atoms with van der Waals surface area (Å²) in [5.74, 6) is 0.937. The number of hydrogen-bond donors (Lipinski definition) is 0. The molecule has 1 aromatic heterocycles. The van der Waals surface area contributed by atoms with Crippen LogP contribution < -0.4 is 0 Å². The second-order valence-electron chi connectivity index (χ2n) is 3.73. The van der Waals surface area contributed by atoms with Crippen LogP contribution >= 0.6 is 0 Å². The minimum atomic E-state index is 0.123. The van der Waals surface area contributed by atoms with Crippen LogP contribution in [0.3, 0.4) is 0 Å². The van der Waals surface area contributed by atoms with Crippen molar-refractivity contribution in [2.45, 2.75) is 31.9 Å². The van der Waals surface area contributed by atoms with Gasteiger partial charge in [-0.05, 0) is 19.3 Å². The molecule has 0 amide bonds. The van der Waals surface area contributed by atoms with Crippen molar-refractivity contribution in [2.75, 3.05) is 20.3 Å². The maximum Gasteiger partial charge on any atom is 0.162 e. The van der Waals surface area contributed by atoms with Gasteiger partial charge in [-0.2, -0.15) is 0 Å². The van der Waals surface area contributed by atoms with Crippen molar-refractivity contribution in [3.8, 4) is 0 Å². The highest BCUT2D eigenvalue weighted by atomic mass is 16.5. The van der Waals surface area contributed by atoms with Crippen LogP contribution in [0.25, 0.3) is 0 Å². The maximum atomic E-state index is 5.68. The normalized spacial score (nSPS) is 21.8. The Labute approximate surface area is 89.4 Å². The Hall–Kier alpha value is -0.940. The Kier molecular flexibility index (Phi) is 3.69. The second kappa shape index (κ2) is 5.23. The van der Waals surface area contributed by atoms with E-state index in [0.717, 1.165) is 31.8 Å². The fraction of sp³-hybridized carbons (Fsp3) is 0.800. The molecule has 0 aliphatic carbocycles. The zero-order valence-corrected chi connectivity index (χ0v) is 9.06. The molecule has 0 aromatic carbocycles. The minimum absolute atomic E-state index is 0.123. The number of hydrogen-bond acceptors (Lipinski definition) is 4.